The van der Waals surface area contributed by atoms with Crippen LogP contribution in [0.4, 0.5) is 0 Å². The van der Waals surface area contributed by atoms with Gasteiger partial charge in [-0.1, -0.05) is 133 Å². The van der Waals surface area contributed by atoms with Gasteiger partial charge in [0.1, 0.15) is 11.2 Å². The Hall–Kier alpha value is -6.72. The maximum atomic E-state index is 6.25. The molecule has 0 saturated heterocycles. The Morgan fingerprint density at radius 1 is 0.367 bits per heavy atom. The quantitative estimate of drug-likeness (QED) is 0.182. The van der Waals surface area contributed by atoms with E-state index < -0.39 is 0 Å². The molecule has 0 aliphatic carbocycles. The maximum Gasteiger partial charge on any atom is 0.166 e. The van der Waals surface area contributed by atoms with E-state index in [4.69, 9.17) is 24.4 Å². The SMILES string of the molecule is c1ccc(-c2ccc(-c3nc(-c4cccc5c4ncc4ccc6ccccc6c45)nc(-c4cccc5oc6ccccc6c45)n3)cc2)cc1. The Labute approximate surface area is 281 Å². The smallest absolute Gasteiger partial charge is 0.166 e. The number of fused-ring (bicyclic) bond motifs is 8. The second-order valence-electron chi connectivity index (χ2n) is 12.2. The maximum absolute atomic E-state index is 6.25. The molecule has 5 nitrogen and oxygen atoms in total. The summed E-state index contributed by atoms with van der Waals surface area (Å²) in [6.45, 7) is 0. The van der Waals surface area contributed by atoms with Gasteiger partial charge in [0.2, 0.25) is 0 Å². The highest BCUT2D eigenvalue weighted by Crippen LogP contribution is 2.38. The fraction of sp³-hybridized carbons (Fsp3) is 0. The molecular weight excluding hydrogens is 601 g/mol. The van der Waals surface area contributed by atoms with Crippen LogP contribution in [0.5, 0.6) is 0 Å². The fourth-order valence-electron chi connectivity index (χ4n) is 7.04. The molecule has 0 N–H and O–H groups in total. The number of furan rings is 1. The molecular formula is C44H26N4O. The molecule has 3 heterocycles. The van der Waals surface area contributed by atoms with Crippen LogP contribution in [-0.4, -0.2) is 19.9 Å². The Balaban J connectivity index is 1.23. The lowest BCUT2D eigenvalue weighted by Crippen LogP contribution is -2.01. The number of rotatable bonds is 4. The van der Waals surface area contributed by atoms with Crippen molar-refractivity contribution in [3.05, 3.63) is 158 Å². The second-order valence-corrected chi connectivity index (χ2v) is 12.2. The summed E-state index contributed by atoms with van der Waals surface area (Å²) in [5, 5.41) is 7.71. The van der Waals surface area contributed by atoms with Crippen LogP contribution in [-0.2, 0) is 0 Å². The van der Waals surface area contributed by atoms with Gasteiger partial charge in [0.05, 0.1) is 5.52 Å². The Bertz CT molecular complexity index is 2880. The van der Waals surface area contributed by atoms with Gasteiger partial charge >= 0.3 is 0 Å². The number of nitrogens with zero attached hydrogens (tertiary/aromatic N) is 4. The van der Waals surface area contributed by atoms with Gasteiger partial charge in [0.25, 0.3) is 0 Å². The summed E-state index contributed by atoms with van der Waals surface area (Å²) < 4.78 is 6.25. The molecule has 0 amide bonds. The number of aromatic nitrogens is 4. The number of benzene rings is 7. The van der Waals surface area contributed by atoms with Crippen LogP contribution in [0.2, 0.25) is 0 Å². The minimum absolute atomic E-state index is 0.564. The molecule has 0 saturated carbocycles. The predicted molar refractivity (Wildman–Crippen MR) is 199 cm³/mol. The van der Waals surface area contributed by atoms with Crippen molar-refractivity contribution >= 4 is 54.4 Å². The minimum atomic E-state index is 0.564. The van der Waals surface area contributed by atoms with E-state index in [-0.39, 0.29) is 0 Å². The largest absolute Gasteiger partial charge is 0.456 e. The van der Waals surface area contributed by atoms with Crippen molar-refractivity contribution in [2.45, 2.75) is 0 Å². The van der Waals surface area contributed by atoms with E-state index in [1.165, 1.54) is 16.2 Å². The summed E-state index contributed by atoms with van der Waals surface area (Å²) in [5.74, 6) is 1.73. The molecule has 0 radical (unpaired) electrons. The first-order valence-electron chi connectivity index (χ1n) is 16.3. The molecule has 228 valence electrons. The summed E-state index contributed by atoms with van der Waals surface area (Å²) >= 11 is 0. The molecule has 0 spiro atoms. The summed E-state index contributed by atoms with van der Waals surface area (Å²) in [5.41, 5.74) is 7.39. The number of hydrogen-bond acceptors (Lipinski definition) is 5. The molecule has 49 heavy (non-hydrogen) atoms. The molecule has 10 rings (SSSR count). The molecule has 10 aromatic rings. The Morgan fingerprint density at radius 2 is 0.980 bits per heavy atom. The fourth-order valence-corrected chi connectivity index (χ4v) is 7.04. The average molecular weight is 627 g/mol. The zero-order valence-corrected chi connectivity index (χ0v) is 26.2. The van der Waals surface area contributed by atoms with Crippen molar-refractivity contribution < 1.29 is 4.42 Å². The average Bonchev–Trinajstić information content (AvgIpc) is 3.57. The van der Waals surface area contributed by atoms with Crippen LogP contribution in [0.25, 0.3) is 99.7 Å². The minimum Gasteiger partial charge on any atom is -0.456 e. The van der Waals surface area contributed by atoms with Crippen LogP contribution < -0.4 is 0 Å². The van der Waals surface area contributed by atoms with Gasteiger partial charge in [-0.2, -0.15) is 0 Å². The summed E-state index contributed by atoms with van der Waals surface area (Å²) in [6, 6.07) is 52.0. The first kappa shape index (κ1) is 27.4. The number of para-hydroxylation sites is 2. The van der Waals surface area contributed by atoms with Crippen molar-refractivity contribution in [3.8, 4) is 45.3 Å². The molecule has 0 aliphatic rings. The van der Waals surface area contributed by atoms with Crippen molar-refractivity contribution in [2.75, 3.05) is 0 Å². The van der Waals surface area contributed by atoms with E-state index in [1.54, 1.807) is 0 Å². The summed E-state index contributed by atoms with van der Waals surface area (Å²) in [4.78, 5) is 20.5. The molecule has 5 heteroatoms. The summed E-state index contributed by atoms with van der Waals surface area (Å²) in [6.07, 6.45) is 1.96. The monoisotopic (exact) mass is 626 g/mol. The standard InChI is InChI=1S/C44H26N4O/c1-2-10-27(11-3-1)28-20-23-30(24-21-28)42-46-43(35-16-9-19-38-40(35)33-14-6-7-18-37(33)49-38)48-44(47-42)36-17-8-15-34-39-31(26-45-41(34)36)25-22-29-12-4-5-13-32(29)39/h1-26H. The zero-order chi connectivity index (χ0) is 32.3. The molecule has 0 aliphatic heterocycles. The van der Waals surface area contributed by atoms with Gasteiger partial charge in [0, 0.05) is 49.8 Å². The lowest BCUT2D eigenvalue weighted by molar-refractivity contribution is 0.669. The lowest BCUT2D eigenvalue weighted by atomic mass is 9.98. The third kappa shape index (κ3) is 4.48. The van der Waals surface area contributed by atoms with Gasteiger partial charge in [0.15, 0.2) is 17.5 Å². The van der Waals surface area contributed by atoms with Crippen LogP contribution in [0, 0.1) is 0 Å². The highest BCUT2D eigenvalue weighted by molar-refractivity contribution is 6.20. The van der Waals surface area contributed by atoms with Crippen molar-refractivity contribution in [1.82, 2.24) is 19.9 Å². The second kappa shape index (κ2) is 10.9. The van der Waals surface area contributed by atoms with Crippen molar-refractivity contribution in [3.63, 3.8) is 0 Å². The highest BCUT2D eigenvalue weighted by Gasteiger charge is 2.19. The van der Waals surface area contributed by atoms with E-state index in [9.17, 15) is 0 Å². The highest BCUT2D eigenvalue weighted by atomic mass is 16.3. The first-order valence-corrected chi connectivity index (χ1v) is 16.3. The van der Waals surface area contributed by atoms with E-state index in [2.05, 4.69) is 115 Å². The molecule has 0 unspecified atom stereocenters. The third-order valence-corrected chi connectivity index (χ3v) is 9.37. The van der Waals surface area contributed by atoms with Crippen molar-refractivity contribution in [2.24, 2.45) is 0 Å². The van der Waals surface area contributed by atoms with E-state index >= 15 is 0 Å². The van der Waals surface area contributed by atoms with Crippen LogP contribution >= 0.6 is 0 Å². The van der Waals surface area contributed by atoms with Gasteiger partial charge in [-0.3, -0.25) is 4.98 Å². The van der Waals surface area contributed by atoms with Gasteiger partial charge in [-0.15, -0.1) is 0 Å². The normalized spacial score (nSPS) is 11.7. The Kier molecular flexibility index (Phi) is 6.11. The molecule has 0 bridgehead atoms. The summed E-state index contributed by atoms with van der Waals surface area (Å²) in [7, 11) is 0. The number of hydrogen-bond donors (Lipinski definition) is 0. The van der Waals surface area contributed by atoms with E-state index in [0.717, 1.165) is 66.0 Å². The van der Waals surface area contributed by atoms with Gasteiger partial charge in [-0.05, 0) is 40.1 Å². The topological polar surface area (TPSA) is 64.7 Å². The predicted octanol–water partition coefficient (Wildman–Crippen LogP) is 11.3. The van der Waals surface area contributed by atoms with E-state index in [1.807, 2.05) is 42.6 Å². The number of pyridine rings is 1. The van der Waals surface area contributed by atoms with Gasteiger partial charge < -0.3 is 4.42 Å². The van der Waals surface area contributed by atoms with Crippen molar-refractivity contribution in [1.29, 1.82) is 0 Å². The molecule has 0 fully saturated rings. The van der Waals surface area contributed by atoms with Crippen LogP contribution in [0.1, 0.15) is 0 Å². The Morgan fingerprint density at radius 3 is 1.86 bits per heavy atom. The molecule has 7 aromatic carbocycles. The first-order chi connectivity index (χ1) is 24.3. The molecule has 0 atom stereocenters. The van der Waals surface area contributed by atoms with E-state index in [0.29, 0.717) is 17.5 Å². The van der Waals surface area contributed by atoms with Crippen LogP contribution in [0.3, 0.4) is 0 Å². The zero-order valence-electron chi connectivity index (χ0n) is 26.2. The molecule has 3 aromatic heterocycles. The lowest BCUT2D eigenvalue weighted by Gasteiger charge is -2.12. The van der Waals surface area contributed by atoms with Gasteiger partial charge in [-0.25, -0.2) is 15.0 Å². The van der Waals surface area contributed by atoms with Crippen LogP contribution in [0.15, 0.2) is 162 Å². The third-order valence-electron chi connectivity index (χ3n) is 9.37.